The molecule has 0 radical (unpaired) electrons. The zero-order chi connectivity index (χ0) is 11.5. The van der Waals surface area contributed by atoms with Crippen molar-refractivity contribution in [1.29, 1.82) is 0 Å². The van der Waals surface area contributed by atoms with E-state index in [0.29, 0.717) is 0 Å². The lowest BCUT2D eigenvalue weighted by molar-refractivity contribution is -0.123. The molecular weight excluding hydrogens is 186 g/mol. The highest BCUT2D eigenvalue weighted by atomic mass is 16.1. The van der Waals surface area contributed by atoms with Crippen LogP contribution in [0.1, 0.15) is 32.8 Å². The molecule has 82 valence electrons. The lowest BCUT2D eigenvalue weighted by atomic mass is 9.72. The van der Waals surface area contributed by atoms with Crippen LogP contribution in [-0.4, -0.2) is 5.91 Å². The van der Waals surface area contributed by atoms with Crippen molar-refractivity contribution in [3.8, 4) is 0 Å². The number of amides is 1. The second-order valence-electron chi connectivity index (χ2n) is 4.45. The van der Waals surface area contributed by atoms with Gasteiger partial charge < -0.3 is 5.73 Å². The quantitative estimate of drug-likeness (QED) is 0.806. The maximum Gasteiger partial charge on any atom is 0.221 e. The van der Waals surface area contributed by atoms with Crippen LogP contribution in [0.25, 0.3) is 0 Å². The highest BCUT2D eigenvalue weighted by molar-refractivity contribution is 5.78. The van der Waals surface area contributed by atoms with Gasteiger partial charge in [0.2, 0.25) is 5.91 Å². The Morgan fingerprint density at radius 2 is 1.87 bits per heavy atom. The third-order valence-electron chi connectivity index (χ3n) is 3.14. The van der Waals surface area contributed by atoms with E-state index in [4.69, 9.17) is 5.73 Å². The van der Waals surface area contributed by atoms with E-state index in [1.54, 1.807) is 0 Å². The second-order valence-corrected chi connectivity index (χ2v) is 4.45. The predicted molar refractivity (Wildman–Crippen MR) is 62.4 cm³/mol. The molecule has 0 aliphatic heterocycles. The first kappa shape index (κ1) is 11.8. The molecule has 2 heteroatoms. The molecule has 1 rings (SSSR count). The molecule has 0 fully saturated rings. The standard InChI is InChI=1S/C13H19NO/c1-4-11(12(14)15)13(2,3)10-8-6-5-7-9-10/h5-9,11H,4H2,1-3H3,(H2,14,15). The van der Waals surface area contributed by atoms with Crippen LogP contribution in [-0.2, 0) is 10.2 Å². The molecular formula is C13H19NO. The van der Waals surface area contributed by atoms with Gasteiger partial charge in [0.05, 0.1) is 0 Å². The summed E-state index contributed by atoms with van der Waals surface area (Å²) in [5.74, 6) is -0.328. The van der Waals surface area contributed by atoms with Crippen LogP contribution >= 0.6 is 0 Å². The van der Waals surface area contributed by atoms with Crippen molar-refractivity contribution < 1.29 is 4.79 Å². The molecule has 0 heterocycles. The summed E-state index contributed by atoms with van der Waals surface area (Å²) in [5, 5.41) is 0. The summed E-state index contributed by atoms with van der Waals surface area (Å²) in [6.45, 7) is 6.14. The second kappa shape index (κ2) is 4.47. The Morgan fingerprint density at radius 1 is 1.33 bits per heavy atom. The number of hydrogen-bond donors (Lipinski definition) is 1. The highest BCUT2D eigenvalue weighted by Crippen LogP contribution is 2.33. The van der Waals surface area contributed by atoms with Crippen molar-refractivity contribution in [2.75, 3.05) is 0 Å². The van der Waals surface area contributed by atoms with Crippen molar-refractivity contribution in [3.63, 3.8) is 0 Å². The van der Waals surface area contributed by atoms with Crippen LogP contribution in [0.4, 0.5) is 0 Å². The van der Waals surface area contributed by atoms with Gasteiger partial charge in [-0.05, 0) is 12.0 Å². The Hall–Kier alpha value is -1.31. The molecule has 2 nitrogen and oxygen atoms in total. The molecule has 1 atom stereocenters. The lowest BCUT2D eigenvalue weighted by Gasteiger charge is -2.32. The summed E-state index contributed by atoms with van der Waals surface area (Å²) in [7, 11) is 0. The van der Waals surface area contributed by atoms with Crippen molar-refractivity contribution >= 4 is 5.91 Å². The molecule has 0 aliphatic rings. The van der Waals surface area contributed by atoms with E-state index in [0.717, 1.165) is 12.0 Å². The van der Waals surface area contributed by atoms with Crippen LogP contribution in [0, 0.1) is 5.92 Å². The molecule has 15 heavy (non-hydrogen) atoms. The number of carbonyl (C=O) groups is 1. The summed E-state index contributed by atoms with van der Waals surface area (Å²) in [5.41, 5.74) is 6.40. The average Bonchev–Trinajstić information content (AvgIpc) is 2.19. The van der Waals surface area contributed by atoms with Crippen molar-refractivity contribution in [1.82, 2.24) is 0 Å². The van der Waals surface area contributed by atoms with Gasteiger partial charge in [-0.2, -0.15) is 0 Å². The van der Waals surface area contributed by atoms with E-state index in [1.165, 1.54) is 0 Å². The predicted octanol–water partition coefficient (Wildman–Crippen LogP) is 2.48. The SMILES string of the molecule is CCC(C(N)=O)C(C)(C)c1ccccc1. The molecule has 0 saturated heterocycles. The number of benzene rings is 1. The van der Waals surface area contributed by atoms with E-state index in [9.17, 15) is 4.79 Å². The fraction of sp³-hybridized carbons (Fsp3) is 0.462. The maximum absolute atomic E-state index is 11.4. The number of hydrogen-bond acceptors (Lipinski definition) is 1. The Bertz CT molecular complexity index is 330. The molecule has 0 spiro atoms. The number of carbonyl (C=O) groups excluding carboxylic acids is 1. The van der Waals surface area contributed by atoms with Gasteiger partial charge in [0, 0.05) is 11.3 Å². The average molecular weight is 205 g/mol. The summed E-state index contributed by atoms with van der Waals surface area (Å²) in [4.78, 5) is 11.4. The number of rotatable bonds is 4. The number of primary amides is 1. The minimum Gasteiger partial charge on any atom is -0.369 e. The monoisotopic (exact) mass is 205 g/mol. The van der Waals surface area contributed by atoms with Gasteiger partial charge >= 0.3 is 0 Å². The molecule has 1 aromatic carbocycles. The summed E-state index contributed by atoms with van der Waals surface area (Å²) in [6.07, 6.45) is 0.775. The molecule has 0 bridgehead atoms. The smallest absolute Gasteiger partial charge is 0.221 e. The van der Waals surface area contributed by atoms with Crippen LogP contribution in [0.5, 0.6) is 0 Å². The molecule has 2 N–H and O–H groups in total. The third-order valence-corrected chi connectivity index (χ3v) is 3.14. The van der Waals surface area contributed by atoms with Crippen molar-refractivity contribution in [3.05, 3.63) is 35.9 Å². The molecule has 0 aliphatic carbocycles. The Labute approximate surface area is 91.5 Å². The molecule has 0 saturated carbocycles. The third kappa shape index (κ3) is 2.38. The van der Waals surface area contributed by atoms with E-state index in [-0.39, 0.29) is 17.2 Å². The fourth-order valence-electron chi connectivity index (χ4n) is 2.14. The summed E-state index contributed by atoms with van der Waals surface area (Å²) < 4.78 is 0. The summed E-state index contributed by atoms with van der Waals surface area (Å²) in [6, 6.07) is 10.1. The topological polar surface area (TPSA) is 43.1 Å². The lowest BCUT2D eigenvalue weighted by Crippen LogP contribution is -2.38. The van der Waals surface area contributed by atoms with Gasteiger partial charge in [-0.3, -0.25) is 4.79 Å². The first-order chi connectivity index (χ1) is 7.00. The molecule has 1 aromatic rings. The zero-order valence-corrected chi connectivity index (χ0v) is 9.66. The van der Waals surface area contributed by atoms with Crippen LogP contribution < -0.4 is 5.73 Å². The molecule has 0 aromatic heterocycles. The van der Waals surface area contributed by atoms with Gasteiger partial charge in [0.25, 0.3) is 0 Å². The fourth-order valence-corrected chi connectivity index (χ4v) is 2.14. The highest BCUT2D eigenvalue weighted by Gasteiger charge is 2.33. The van der Waals surface area contributed by atoms with Gasteiger partial charge in [-0.1, -0.05) is 51.1 Å². The first-order valence-corrected chi connectivity index (χ1v) is 5.35. The minimum absolute atomic E-state index is 0.111. The first-order valence-electron chi connectivity index (χ1n) is 5.35. The largest absolute Gasteiger partial charge is 0.369 e. The van der Waals surface area contributed by atoms with Crippen molar-refractivity contribution in [2.24, 2.45) is 11.7 Å². The maximum atomic E-state index is 11.4. The van der Waals surface area contributed by atoms with Gasteiger partial charge in [0.1, 0.15) is 0 Å². The van der Waals surface area contributed by atoms with Crippen LogP contribution in [0.2, 0.25) is 0 Å². The Kier molecular flexibility index (Phi) is 3.51. The van der Waals surface area contributed by atoms with Gasteiger partial charge in [0.15, 0.2) is 0 Å². The molecule has 1 amide bonds. The minimum atomic E-state index is -0.216. The van der Waals surface area contributed by atoms with E-state index in [2.05, 4.69) is 13.8 Å². The van der Waals surface area contributed by atoms with Gasteiger partial charge in [-0.15, -0.1) is 0 Å². The van der Waals surface area contributed by atoms with E-state index < -0.39 is 0 Å². The summed E-state index contributed by atoms with van der Waals surface area (Å²) >= 11 is 0. The number of nitrogens with two attached hydrogens (primary N) is 1. The van der Waals surface area contributed by atoms with Crippen LogP contribution in [0.15, 0.2) is 30.3 Å². The zero-order valence-electron chi connectivity index (χ0n) is 9.66. The normalized spacial score (nSPS) is 13.5. The van der Waals surface area contributed by atoms with Crippen molar-refractivity contribution in [2.45, 2.75) is 32.6 Å². The van der Waals surface area contributed by atoms with Gasteiger partial charge in [-0.25, -0.2) is 0 Å². The Morgan fingerprint density at radius 3 is 2.27 bits per heavy atom. The van der Waals surface area contributed by atoms with Crippen LogP contribution in [0.3, 0.4) is 0 Å². The Balaban J connectivity index is 3.05. The molecule has 1 unspecified atom stereocenters. The van der Waals surface area contributed by atoms with E-state index in [1.807, 2.05) is 37.3 Å². The van der Waals surface area contributed by atoms with E-state index >= 15 is 0 Å².